The first-order valence-corrected chi connectivity index (χ1v) is 7.48. The van der Waals surface area contributed by atoms with Gasteiger partial charge in [0.25, 0.3) is 0 Å². The fourth-order valence-electron chi connectivity index (χ4n) is 2.70. The van der Waals surface area contributed by atoms with Gasteiger partial charge in [0.1, 0.15) is 16.7 Å². The zero-order chi connectivity index (χ0) is 19.2. The van der Waals surface area contributed by atoms with E-state index in [2.05, 4.69) is 0 Å². The SMILES string of the molecule is CC(=O)OC1=CC(=O)c2c(cc3oc(C)cc(=O)c3c2OC(C)=O)C1=O. The summed E-state index contributed by atoms with van der Waals surface area (Å²) < 4.78 is 15.3. The summed E-state index contributed by atoms with van der Waals surface area (Å²) in [5.41, 5.74) is -1.01. The van der Waals surface area contributed by atoms with Gasteiger partial charge in [-0.15, -0.1) is 0 Å². The molecule has 0 bridgehead atoms. The number of esters is 2. The minimum absolute atomic E-state index is 0.0322. The maximum atomic E-state index is 12.6. The monoisotopic (exact) mass is 356 g/mol. The summed E-state index contributed by atoms with van der Waals surface area (Å²) in [5.74, 6) is -3.61. The topological polar surface area (TPSA) is 117 Å². The van der Waals surface area contributed by atoms with Gasteiger partial charge in [0.05, 0.1) is 5.56 Å². The zero-order valence-corrected chi connectivity index (χ0v) is 14.0. The van der Waals surface area contributed by atoms with E-state index in [4.69, 9.17) is 13.9 Å². The Morgan fingerprint density at radius 3 is 2.27 bits per heavy atom. The van der Waals surface area contributed by atoms with Crippen molar-refractivity contribution in [3.05, 3.63) is 51.1 Å². The standard InChI is InChI=1S/C18H12O8/c1-7-4-11(21)16-13(24-7)5-10-15(18(16)26-9(3)20)12(22)6-14(17(10)23)25-8(2)19/h4-6H,1-3H3. The van der Waals surface area contributed by atoms with Gasteiger partial charge >= 0.3 is 11.9 Å². The van der Waals surface area contributed by atoms with E-state index in [1.54, 1.807) is 0 Å². The average Bonchev–Trinajstić information content (AvgIpc) is 2.50. The van der Waals surface area contributed by atoms with Crippen molar-refractivity contribution in [2.24, 2.45) is 0 Å². The van der Waals surface area contributed by atoms with Gasteiger partial charge < -0.3 is 13.9 Å². The van der Waals surface area contributed by atoms with E-state index in [1.165, 1.54) is 19.1 Å². The van der Waals surface area contributed by atoms with Crippen LogP contribution in [0.2, 0.25) is 0 Å². The molecule has 3 rings (SSSR count). The Kier molecular flexibility index (Phi) is 4.03. The third kappa shape index (κ3) is 2.81. The summed E-state index contributed by atoms with van der Waals surface area (Å²) in [5, 5.41) is -0.130. The molecule has 0 atom stereocenters. The Labute approximate surface area is 146 Å². The predicted molar refractivity (Wildman–Crippen MR) is 87.0 cm³/mol. The lowest BCUT2D eigenvalue weighted by atomic mass is 9.90. The molecule has 0 unspecified atom stereocenters. The minimum Gasteiger partial charge on any atom is -0.461 e. The number of fused-ring (bicyclic) bond motifs is 2. The molecule has 1 aliphatic rings. The molecule has 1 aromatic heterocycles. The molecule has 8 heteroatoms. The molecule has 0 saturated carbocycles. The molecule has 1 heterocycles. The van der Waals surface area contributed by atoms with Crippen LogP contribution in [0.3, 0.4) is 0 Å². The highest BCUT2D eigenvalue weighted by Gasteiger charge is 2.34. The van der Waals surface area contributed by atoms with Gasteiger partial charge in [0.2, 0.25) is 5.78 Å². The highest BCUT2D eigenvalue weighted by atomic mass is 16.5. The molecule has 1 aliphatic carbocycles. The van der Waals surface area contributed by atoms with Crippen molar-refractivity contribution in [2.45, 2.75) is 20.8 Å². The van der Waals surface area contributed by atoms with E-state index >= 15 is 0 Å². The van der Waals surface area contributed by atoms with Crippen LogP contribution in [0.1, 0.15) is 40.3 Å². The van der Waals surface area contributed by atoms with Gasteiger partial charge in [0.15, 0.2) is 22.7 Å². The number of ether oxygens (including phenoxy) is 2. The molecule has 0 amide bonds. The maximum absolute atomic E-state index is 12.6. The number of ketones is 2. The summed E-state index contributed by atoms with van der Waals surface area (Å²) in [6.45, 7) is 3.71. The molecule has 1 aromatic carbocycles. The lowest BCUT2D eigenvalue weighted by Gasteiger charge is -2.18. The van der Waals surface area contributed by atoms with Crippen molar-refractivity contribution in [2.75, 3.05) is 0 Å². The fraction of sp³-hybridized carbons (Fsp3) is 0.167. The number of carbonyl (C=O) groups excluding carboxylic acids is 4. The van der Waals surface area contributed by atoms with Gasteiger partial charge in [-0.05, 0) is 13.0 Å². The van der Waals surface area contributed by atoms with E-state index in [1.807, 2.05) is 0 Å². The normalized spacial score (nSPS) is 13.3. The smallest absolute Gasteiger partial charge is 0.308 e. The number of aryl methyl sites for hydroxylation is 1. The van der Waals surface area contributed by atoms with Crippen LogP contribution >= 0.6 is 0 Å². The maximum Gasteiger partial charge on any atom is 0.308 e. The second-order valence-electron chi connectivity index (χ2n) is 5.61. The van der Waals surface area contributed by atoms with Gasteiger partial charge in [-0.25, -0.2) is 0 Å². The van der Waals surface area contributed by atoms with Crippen LogP contribution in [0.5, 0.6) is 5.75 Å². The Bertz CT molecular complexity index is 1100. The first kappa shape index (κ1) is 17.3. The molecule has 26 heavy (non-hydrogen) atoms. The highest BCUT2D eigenvalue weighted by Crippen LogP contribution is 2.36. The molecule has 0 spiro atoms. The number of carbonyl (C=O) groups is 4. The van der Waals surface area contributed by atoms with Crippen molar-refractivity contribution < 1.29 is 33.1 Å². The molecule has 0 fully saturated rings. The fourth-order valence-corrected chi connectivity index (χ4v) is 2.70. The third-order valence-electron chi connectivity index (χ3n) is 3.57. The Morgan fingerprint density at radius 1 is 1.00 bits per heavy atom. The number of benzene rings is 1. The minimum atomic E-state index is -0.783. The number of hydrogen-bond donors (Lipinski definition) is 0. The Morgan fingerprint density at radius 2 is 1.65 bits per heavy atom. The molecule has 0 saturated heterocycles. The summed E-state index contributed by atoms with van der Waals surface area (Å²) in [6, 6.07) is 2.37. The first-order valence-electron chi connectivity index (χ1n) is 7.48. The van der Waals surface area contributed by atoms with Crippen molar-refractivity contribution in [3.63, 3.8) is 0 Å². The predicted octanol–water partition coefficient (Wildman–Crippen LogP) is 1.85. The lowest BCUT2D eigenvalue weighted by molar-refractivity contribution is -0.136. The highest BCUT2D eigenvalue weighted by molar-refractivity contribution is 6.27. The second-order valence-corrected chi connectivity index (χ2v) is 5.61. The van der Waals surface area contributed by atoms with E-state index in [-0.39, 0.29) is 33.6 Å². The van der Waals surface area contributed by atoms with E-state index in [0.717, 1.165) is 19.9 Å². The van der Waals surface area contributed by atoms with Gasteiger partial charge in [-0.3, -0.25) is 24.0 Å². The molecule has 132 valence electrons. The largest absolute Gasteiger partial charge is 0.461 e. The molecule has 0 aliphatic heterocycles. The van der Waals surface area contributed by atoms with Crippen molar-refractivity contribution in [1.29, 1.82) is 0 Å². The molecule has 0 N–H and O–H groups in total. The van der Waals surface area contributed by atoms with E-state index < -0.39 is 34.7 Å². The van der Waals surface area contributed by atoms with Crippen LogP contribution in [0, 0.1) is 6.92 Å². The van der Waals surface area contributed by atoms with Crippen molar-refractivity contribution in [1.82, 2.24) is 0 Å². The molecular weight excluding hydrogens is 344 g/mol. The van der Waals surface area contributed by atoms with Crippen LogP contribution < -0.4 is 10.2 Å². The van der Waals surface area contributed by atoms with E-state index in [9.17, 15) is 24.0 Å². The van der Waals surface area contributed by atoms with Crippen LogP contribution in [0.4, 0.5) is 0 Å². The molecule has 2 aromatic rings. The number of allylic oxidation sites excluding steroid dienone is 2. The Balaban J connectivity index is 2.39. The Hall–Kier alpha value is -3.55. The van der Waals surface area contributed by atoms with Gasteiger partial charge in [0, 0.05) is 31.6 Å². The van der Waals surface area contributed by atoms with Crippen LogP contribution in [0.15, 0.2) is 33.2 Å². The molecule has 0 radical (unpaired) electrons. The van der Waals surface area contributed by atoms with Crippen LogP contribution in [-0.2, 0) is 14.3 Å². The average molecular weight is 356 g/mol. The van der Waals surface area contributed by atoms with Gasteiger partial charge in [-0.1, -0.05) is 0 Å². The van der Waals surface area contributed by atoms with Crippen LogP contribution in [0.25, 0.3) is 11.0 Å². The summed E-state index contributed by atoms with van der Waals surface area (Å²) in [4.78, 5) is 60.1. The van der Waals surface area contributed by atoms with Crippen molar-refractivity contribution in [3.8, 4) is 5.75 Å². The summed E-state index contributed by atoms with van der Waals surface area (Å²) in [6.07, 6.45) is 0.820. The quantitative estimate of drug-likeness (QED) is 0.591. The van der Waals surface area contributed by atoms with Crippen LogP contribution in [-0.4, -0.2) is 23.5 Å². The molecular formula is C18H12O8. The van der Waals surface area contributed by atoms with Crippen molar-refractivity contribution >= 4 is 34.5 Å². The summed E-state index contributed by atoms with van der Waals surface area (Å²) in [7, 11) is 0. The van der Waals surface area contributed by atoms with E-state index in [0.29, 0.717) is 0 Å². The number of hydrogen-bond acceptors (Lipinski definition) is 8. The first-order chi connectivity index (χ1) is 12.2. The lowest BCUT2D eigenvalue weighted by Crippen LogP contribution is -2.22. The zero-order valence-electron chi connectivity index (χ0n) is 14.0. The summed E-state index contributed by atoms with van der Waals surface area (Å²) >= 11 is 0. The van der Waals surface area contributed by atoms with Gasteiger partial charge in [-0.2, -0.15) is 0 Å². The number of rotatable bonds is 2. The molecule has 8 nitrogen and oxygen atoms in total. The second kappa shape index (κ2) is 6.07. The number of Topliss-reactive ketones (excluding diaryl/α,β-unsaturated/α-hetero) is 1. The third-order valence-corrected chi connectivity index (χ3v) is 3.57.